The zero-order valence-electron chi connectivity index (χ0n) is 21.4. The van der Waals surface area contributed by atoms with Crippen molar-refractivity contribution in [1.29, 1.82) is 0 Å². The van der Waals surface area contributed by atoms with Crippen molar-refractivity contribution in [2.24, 2.45) is 5.92 Å². The Balaban J connectivity index is 1.51. The van der Waals surface area contributed by atoms with Gasteiger partial charge >= 0.3 is 6.09 Å². The summed E-state index contributed by atoms with van der Waals surface area (Å²) in [5.41, 5.74) is 7.03. The Morgan fingerprint density at radius 3 is 2.50 bits per heavy atom. The van der Waals surface area contributed by atoms with Gasteiger partial charge in [-0.15, -0.1) is 0 Å². The van der Waals surface area contributed by atoms with E-state index in [1.165, 1.54) is 28.6 Å². The number of hydrogen-bond donors (Lipinski definition) is 3. The van der Waals surface area contributed by atoms with E-state index in [1.807, 2.05) is 44.2 Å². The van der Waals surface area contributed by atoms with Crippen LogP contribution in [-0.4, -0.2) is 81.1 Å². The number of hydrogen-bond acceptors (Lipinski definition) is 9. The van der Waals surface area contributed by atoms with Crippen LogP contribution >= 0.6 is 0 Å². The summed E-state index contributed by atoms with van der Waals surface area (Å²) >= 11 is 0. The number of sulfonamides is 1. The van der Waals surface area contributed by atoms with Gasteiger partial charge in [-0.3, -0.25) is 0 Å². The van der Waals surface area contributed by atoms with E-state index in [4.69, 9.17) is 24.7 Å². The molecule has 0 aromatic heterocycles. The van der Waals surface area contributed by atoms with Crippen molar-refractivity contribution in [3.05, 3.63) is 60.2 Å². The van der Waals surface area contributed by atoms with Gasteiger partial charge in [-0.25, -0.2) is 13.2 Å². The number of fused-ring (bicyclic) bond motifs is 1. The first-order valence-corrected chi connectivity index (χ1v) is 14.0. The van der Waals surface area contributed by atoms with E-state index in [9.17, 15) is 18.3 Å². The average molecular weight is 550 g/mol. The van der Waals surface area contributed by atoms with Crippen LogP contribution in [-0.2, 0) is 35.4 Å². The highest BCUT2D eigenvalue weighted by Gasteiger charge is 2.45. The number of benzene rings is 2. The molecule has 2 heterocycles. The maximum Gasteiger partial charge on any atom is 0.407 e. The Bertz CT molecular complexity index is 1160. The molecule has 0 bridgehead atoms. The monoisotopic (exact) mass is 549 g/mol. The van der Waals surface area contributed by atoms with Gasteiger partial charge in [-0.2, -0.15) is 4.31 Å². The summed E-state index contributed by atoms with van der Waals surface area (Å²) < 4.78 is 49.8. The number of alkyl carbamates (subject to hydrolysis) is 1. The molecule has 11 nitrogen and oxygen atoms in total. The SMILES string of the molecule is CC(C)CN(C[C@@H](O)[C@H](Cc1ccccc1)NC(=O)O[C@H]1CO[C@H]2OCO[C@H]21)S(=O)(=O)c1ccc(N)cc1. The molecule has 4 N–H and O–H groups in total. The van der Waals surface area contributed by atoms with Gasteiger partial charge in [0.15, 0.2) is 25.3 Å². The summed E-state index contributed by atoms with van der Waals surface area (Å²) in [6.45, 7) is 3.89. The van der Waals surface area contributed by atoms with Crippen LogP contribution in [0.25, 0.3) is 0 Å². The first-order chi connectivity index (χ1) is 18.1. The summed E-state index contributed by atoms with van der Waals surface area (Å²) in [4.78, 5) is 12.9. The highest BCUT2D eigenvalue weighted by Crippen LogP contribution is 2.26. The van der Waals surface area contributed by atoms with Crippen LogP contribution < -0.4 is 11.1 Å². The second-order valence-corrected chi connectivity index (χ2v) is 11.8. The number of nitrogens with two attached hydrogens (primary N) is 1. The molecular weight excluding hydrogens is 514 g/mol. The zero-order chi connectivity index (χ0) is 27.3. The molecule has 0 radical (unpaired) electrons. The number of aliphatic hydroxyl groups is 1. The molecule has 2 aliphatic rings. The lowest BCUT2D eigenvalue weighted by Crippen LogP contribution is -2.52. The fourth-order valence-corrected chi connectivity index (χ4v) is 6.07. The number of anilines is 1. The second kappa shape index (κ2) is 12.4. The molecule has 0 unspecified atom stereocenters. The van der Waals surface area contributed by atoms with Gasteiger partial charge in [-0.05, 0) is 42.2 Å². The first kappa shape index (κ1) is 28.3. The normalized spacial score (nSPS) is 22.8. The molecule has 0 aliphatic carbocycles. The number of carbonyl (C=O) groups is 1. The van der Waals surface area contributed by atoms with E-state index in [1.54, 1.807) is 0 Å². The Labute approximate surface area is 222 Å². The van der Waals surface area contributed by atoms with Gasteiger partial charge in [0.2, 0.25) is 10.0 Å². The number of nitrogen functional groups attached to an aromatic ring is 1. The molecule has 1 amide bonds. The first-order valence-electron chi connectivity index (χ1n) is 12.5. The number of rotatable bonds is 11. The smallest absolute Gasteiger partial charge is 0.407 e. The minimum absolute atomic E-state index is 0.0137. The van der Waals surface area contributed by atoms with E-state index in [-0.39, 0.29) is 43.7 Å². The molecule has 12 heteroatoms. The van der Waals surface area contributed by atoms with Crippen molar-refractivity contribution in [2.45, 2.75) is 55.8 Å². The topological polar surface area (TPSA) is 150 Å². The molecule has 2 saturated heterocycles. The Hall–Kier alpha value is -2.74. The van der Waals surface area contributed by atoms with Crippen molar-refractivity contribution >= 4 is 21.8 Å². The van der Waals surface area contributed by atoms with Gasteiger partial charge in [0, 0.05) is 18.8 Å². The van der Waals surface area contributed by atoms with Crippen LogP contribution in [0.1, 0.15) is 19.4 Å². The summed E-state index contributed by atoms with van der Waals surface area (Å²) in [7, 11) is -3.94. The predicted octanol–water partition coefficient (Wildman–Crippen LogP) is 1.71. The molecule has 0 saturated carbocycles. The summed E-state index contributed by atoms with van der Waals surface area (Å²) in [6, 6.07) is 14.3. The predicted molar refractivity (Wildman–Crippen MR) is 138 cm³/mol. The zero-order valence-corrected chi connectivity index (χ0v) is 22.3. The third kappa shape index (κ3) is 7.01. The molecular formula is C26H35N3O8S. The van der Waals surface area contributed by atoms with Crippen molar-refractivity contribution in [2.75, 3.05) is 32.2 Å². The lowest BCUT2D eigenvalue weighted by molar-refractivity contribution is -0.0943. The summed E-state index contributed by atoms with van der Waals surface area (Å²) in [5.74, 6) is -0.0137. The van der Waals surface area contributed by atoms with Gasteiger partial charge in [-0.1, -0.05) is 44.2 Å². The Morgan fingerprint density at radius 1 is 1.11 bits per heavy atom. The Kier molecular flexibility index (Phi) is 9.23. The molecule has 0 spiro atoms. The molecule has 38 heavy (non-hydrogen) atoms. The number of nitrogens with zero attached hydrogens (tertiary/aromatic N) is 1. The van der Waals surface area contributed by atoms with Crippen molar-refractivity contribution in [3.63, 3.8) is 0 Å². The average Bonchev–Trinajstić information content (AvgIpc) is 3.49. The number of nitrogens with one attached hydrogen (secondary N) is 1. The lowest BCUT2D eigenvalue weighted by atomic mass is 10.0. The quantitative estimate of drug-likeness (QED) is 0.356. The standard InChI is InChI=1S/C26H35N3O8S/c1-17(2)13-29(38(32,33)20-10-8-19(27)9-11-20)14-22(30)21(12-18-6-4-3-5-7-18)28-26(31)37-23-15-34-25-24(23)35-16-36-25/h3-11,17,21-25,30H,12-16,27H2,1-2H3,(H,28,31)/t21-,22+,23-,24-,25-/m0/s1. The second-order valence-electron chi connectivity index (χ2n) is 9.85. The fourth-order valence-electron chi connectivity index (χ4n) is 4.45. The molecule has 5 atom stereocenters. The van der Waals surface area contributed by atoms with E-state index in [2.05, 4.69) is 5.32 Å². The lowest BCUT2D eigenvalue weighted by Gasteiger charge is -2.31. The number of ether oxygens (including phenoxy) is 4. The number of aliphatic hydroxyl groups excluding tert-OH is 1. The minimum Gasteiger partial charge on any atom is -0.441 e. The van der Waals surface area contributed by atoms with Crippen molar-refractivity contribution in [3.8, 4) is 0 Å². The molecule has 2 fully saturated rings. The molecule has 2 aliphatic heterocycles. The van der Waals surface area contributed by atoms with Gasteiger partial charge in [0.1, 0.15) is 0 Å². The molecule has 2 aromatic carbocycles. The van der Waals surface area contributed by atoms with Gasteiger partial charge < -0.3 is 35.1 Å². The number of carbonyl (C=O) groups excluding carboxylic acids is 1. The van der Waals surface area contributed by atoms with Gasteiger partial charge in [0.25, 0.3) is 0 Å². The maximum absolute atomic E-state index is 13.5. The highest BCUT2D eigenvalue weighted by molar-refractivity contribution is 7.89. The van der Waals surface area contributed by atoms with Crippen LogP contribution in [0.4, 0.5) is 10.5 Å². The van der Waals surface area contributed by atoms with Crippen molar-refractivity contribution in [1.82, 2.24) is 9.62 Å². The van der Waals surface area contributed by atoms with E-state index in [0.29, 0.717) is 5.69 Å². The van der Waals surface area contributed by atoms with Crippen LogP contribution in [0.5, 0.6) is 0 Å². The van der Waals surface area contributed by atoms with Gasteiger partial charge in [0.05, 0.1) is 23.6 Å². The largest absolute Gasteiger partial charge is 0.441 e. The van der Waals surface area contributed by atoms with E-state index < -0.39 is 46.8 Å². The van der Waals surface area contributed by atoms with E-state index >= 15 is 0 Å². The third-order valence-electron chi connectivity index (χ3n) is 6.35. The van der Waals surface area contributed by atoms with Crippen molar-refractivity contribution < 1.29 is 37.3 Å². The molecule has 2 aromatic rings. The van der Waals surface area contributed by atoms with Crippen LogP contribution in [0.2, 0.25) is 0 Å². The maximum atomic E-state index is 13.5. The Morgan fingerprint density at radius 2 is 1.82 bits per heavy atom. The molecule has 4 rings (SSSR count). The fraction of sp³-hybridized carbons (Fsp3) is 0.500. The highest BCUT2D eigenvalue weighted by atomic mass is 32.2. The minimum atomic E-state index is -3.94. The van der Waals surface area contributed by atoms with Crippen LogP contribution in [0.15, 0.2) is 59.5 Å². The van der Waals surface area contributed by atoms with Crippen LogP contribution in [0, 0.1) is 5.92 Å². The number of amides is 1. The third-order valence-corrected chi connectivity index (χ3v) is 8.20. The summed E-state index contributed by atoms with van der Waals surface area (Å²) in [6.07, 6.45) is -3.54. The molecule has 208 valence electrons. The summed E-state index contributed by atoms with van der Waals surface area (Å²) in [5, 5.41) is 14.0. The van der Waals surface area contributed by atoms with Crippen LogP contribution in [0.3, 0.4) is 0 Å². The van der Waals surface area contributed by atoms with E-state index in [0.717, 1.165) is 5.56 Å².